The third kappa shape index (κ3) is 2.45. The minimum Gasteiger partial charge on any atom is -0.356 e. The van der Waals surface area contributed by atoms with Crippen LogP contribution in [0.25, 0.3) is 0 Å². The highest BCUT2D eigenvalue weighted by atomic mass is 19.3. The van der Waals surface area contributed by atoms with Crippen LogP contribution >= 0.6 is 0 Å². The molecule has 2 aromatic heterocycles. The lowest BCUT2D eigenvalue weighted by molar-refractivity contribution is -0.201. The number of nitrogens with one attached hydrogen (secondary N) is 1. The van der Waals surface area contributed by atoms with Crippen LogP contribution in [0, 0.1) is 29.1 Å². The molecule has 3 aliphatic carbocycles. The Bertz CT molecular complexity index is 990. The third-order valence-corrected chi connectivity index (χ3v) is 7.38. The van der Waals surface area contributed by atoms with Crippen LogP contribution in [0.3, 0.4) is 0 Å². The average molecular weight is 400 g/mol. The van der Waals surface area contributed by atoms with Crippen LogP contribution in [0.1, 0.15) is 19.3 Å². The van der Waals surface area contributed by atoms with Crippen molar-refractivity contribution in [3.8, 4) is 0 Å². The molecule has 0 radical (unpaired) electrons. The topological polar surface area (TPSA) is 75.9 Å². The molecule has 0 aromatic carbocycles. The van der Waals surface area contributed by atoms with Crippen LogP contribution in [-0.2, 0) is 11.8 Å². The summed E-state index contributed by atoms with van der Waals surface area (Å²) >= 11 is 0. The molecule has 1 aliphatic heterocycles. The van der Waals surface area contributed by atoms with E-state index >= 15 is 0 Å². The highest BCUT2D eigenvalue weighted by Crippen LogP contribution is 2.72. The fraction of sp³-hybridized carbons (Fsp3) is 0.600. The van der Waals surface area contributed by atoms with Gasteiger partial charge in [0.25, 0.3) is 5.92 Å². The van der Waals surface area contributed by atoms with E-state index in [1.54, 1.807) is 17.1 Å². The summed E-state index contributed by atoms with van der Waals surface area (Å²) in [5.41, 5.74) is 0.381. The number of alkyl halides is 2. The molecule has 2 unspecified atom stereocenters. The molecule has 3 saturated carbocycles. The van der Waals surface area contributed by atoms with E-state index in [0.717, 1.165) is 37.4 Å². The van der Waals surface area contributed by atoms with Crippen LogP contribution in [0.15, 0.2) is 24.7 Å². The molecule has 3 heterocycles. The SMILES string of the molecule is Cn1cc(Nc2nccc(N3C[C@@H]4CC5(C(=O)[C@@H]6CC6(F)F)C[C@H](C3)C45)n2)cn1. The Morgan fingerprint density at radius 2 is 1.97 bits per heavy atom. The van der Waals surface area contributed by atoms with Gasteiger partial charge in [-0.3, -0.25) is 9.48 Å². The maximum Gasteiger partial charge on any atom is 0.258 e. The van der Waals surface area contributed by atoms with Gasteiger partial charge in [0.1, 0.15) is 11.6 Å². The number of anilines is 3. The van der Waals surface area contributed by atoms with E-state index in [4.69, 9.17) is 0 Å². The second kappa shape index (κ2) is 5.52. The molecular weight excluding hydrogens is 378 g/mol. The van der Waals surface area contributed by atoms with Crippen molar-refractivity contribution in [2.45, 2.75) is 25.2 Å². The third-order valence-electron chi connectivity index (χ3n) is 7.38. The number of aryl methyl sites for hydroxylation is 1. The number of carbonyl (C=O) groups is 1. The Labute approximate surface area is 166 Å². The first-order valence-corrected chi connectivity index (χ1v) is 10.1. The summed E-state index contributed by atoms with van der Waals surface area (Å²) in [6, 6.07) is 1.90. The van der Waals surface area contributed by atoms with Crippen molar-refractivity contribution < 1.29 is 13.6 Å². The Hall–Kier alpha value is -2.58. The molecule has 152 valence electrons. The summed E-state index contributed by atoms with van der Waals surface area (Å²) in [6.45, 7) is 1.64. The lowest BCUT2D eigenvalue weighted by atomic mass is 9.35. The Balaban J connectivity index is 1.15. The van der Waals surface area contributed by atoms with Crippen molar-refractivity contribution in [3.05, 3.63) is 24.7 Å². The van der Waals surface area contributed by atoms with Crippen molar-refractivity contribution in [3.63, 3.8) is 0 Å². The summed E-state index contributed by atoms with van der Waals surface area (Å²) in [6.07, 6.45) is 6.56. The van der Waals surface area contributed by atoms with Gasteiger partial charge in [0, 0.05) is 44.4 Å². The summed E-state index contributed by atoms with van der Waals surface area (Å²) in [5, 5.41) is 7.29. The smallest absolute Gasteiger partial charge is 0.258 e. The molecule has 5 atom stereocenters. The van der Waals surface area contributed by atoms with E-state index in [9.17, 15) is 13.6 Å². The van der Waals surface area contributed by atoms with Crippen molar-refractivity contribution in [2.75, 3.05) is 23.3 Å². The van der Waals surface area contributed by atoms with E-state index in [0.29, 0.717) is 17.8 Å². The van der Waals surface area contributed by atoms with Gasteiger partial charge < -0.3 is 10.2 Å². The Morgan fingerprint density at radius 3 is 2.59 bits per heavy atom. The van der Waals surface area contributed by atoms with E-state index in [2.05, 4.69) is 25.3 Å². The molecule has 1 saturated heterocycles. The van der Waals surface area contributed by atoms with Gasteiger partial charge in [-0.1, -0.05) is 0 Å². The van der Waals surface area contributed by atoms with Crippen LogP contribution < -0.4 is 10.2 Å². The molecule has 9 heteroatoms. The molecule has 0 amide bonds. The predicted octanol–water partition coefficient (Wildman–Crippen LogP) is 2.64. The minimum absolute atomic E-state index is 0.154. The number of carbonyl (C=O) groups excluding carboxylic acids is 1. The molecule has 4 aliphatic rings. The second-order valence-corrected chi connectivity index (χ2v) is 9.16. The van der Waals surface area contributed by atoms with Crippen LogP contribution in [0.4, 0.5) is 26.2 Å². The van der Waals surface area contributed by atoms with Gasteiger partial charge in [-0.25, -0.2) is 13.8 Å². The monoisotopic (exact) mass is 400 g/mol. The number of halogens is 2. The van der Waals surface area contributed by atoms with Crippen LogP contribution in [0.2, 0.25) is 0 Å². The lowest BCUT2D eigenvalue weighted by Crippen LogP contribution is -2.72. The molecule has 29 heavy (non-hydrogen) atoms. The second-order valence-electron chi connectivity index (χ2n) is 9.16. The van der Waals surface area contributed by atoms with Gasteiger partial charge in [-0.2, -0.15) is 10.1 Å². The maximum atomic E-state index is 13.4. The molecule has 0 spiro atoms. The molecule has 4 fully saturated rings. The molecule has 7 nitrogen and oxygen atoms in total. The van der Waals surface area contributed by atoms with E-state index in [1.807, 2.05) is 19.3 Å². The first-order valence-electron chi connectivity index (χ1n) is 10.1. The molecule has 1 N–H and O–H groups in total. The number of Topliss-reactive ketones (excluding diaryl/α,β-unsaturated/α-hetero) is 1. The summed E-state index contributed by atoms with van der Waals surface area (Å²) in [7, 11) is 1.85. The fourth-order valence-corrected chi connectivity index (χ4v) is 6.11. The molecule has 2 aromatic rings. The van der Waals surface area contributed by atoms with E-state index in [1.165, 1.54) is 0 Å². The normalized spacial score (nSPS) is 35.9. The minimum atomic E-state index is -2.75. The highest BCUT2D eigenvalue weighted by molar-refractivity contribution is 5.93. The van der Waals surface area contributed by atoms with Crippen molar-refractivity contribution in [2.24, 2.45) is 36.1 Å². The predicted molar refractivity (Wildman–Crippen MR) is 101 cm³/mol. The number of piperidine rings is 1. The van der Waals surface area contributed by atoms with Crippen LogP contribution in [-0.4, -0.2) is 44.5 Å². The zero-order valence-electron chi connectivity index (χ0n) is 16.1. The zero-order chi connectivity index (χ0) is 20.0. The van der Waals surface area contributed by atoms with E-state index in [-0.39, 0.29) is 18.1 Å². The number of aromatic nitrogens is 4. The number of ketones is 1. The van der Waals surface area contributed by atoms with E-state index < -0.39 is 17.3 Å². The summed E-state index contributed by atoms with van der Waals surface area (Å²) in [4.78, 5) is 23.8. The molecule has 0 bridgehead atoms. The Kier molecular flexibility index (Phi) is 3.29. The largest absolute Gasteiger partial charge is 0.356 e. The fourth-order valence-electron chi connectivity index (χ4n) is 6.11. The first-order chi connectivity index (χ1) is 13.9. The standard InChI is InChI=1S/C20H22F2N6O/c1-27-10-13(7-24-27)25-18-23-3-2-15(26-18)28-8-11-4-19(5-12(9-28)16(11)19)17(29)14-6-20(14,21)22/h2-3,7,10-12,14,16H,4-6,8-9H2,1H3,(H,23,25,26)/t11-,12+,14-,16?,19?/m0/s1. The van der Waals surface area contributed by atoms with Crippen molar-refractivity contribution in [1.82, 2.24) is 19.7 Å². The van der Waals surface area contributed by atoms with Gasteiger partial charge in [-0.05, 0) is 36.7 Å². The van der Waals surface area contributed by atoms with Crippen molar-refractivity contribution in [1.29, 1.82) is 0 Å². The average Bonchev–Trinajstić information content (AvgIpc) is 3.09. The quantitative estimate of drug-likeness (QED) is 0.832. The highest BCUT2D eigenvalue weighted by Gasteiger charge is 2.75. The van der Waals surface area contributed by atoms with Gasteiger partial charge in [-0.15, -0.1) is 0 Å². The van der Waals surface area contributed by atoms with Gasteiger partial charge in [0.05, 0.1) is 17.8 Å². The van der Waals surface area contributed by atoms with Gasteiger partial charge >= 0.3 is 0 Å². The lowest BCUT2D eigenvalue weighted by Gasteiger charge is -2.70. The van der Waals surface area contributed by atoms with Gasteiger partial charge in [0.2, 0.25) is 5.95 Å². The summed E-state index contributed by atoms with van der Waals surface area (Å²) in [5.74, 6) is -1.47. The maximum absolute atomic E-state index is 13.4. The van der Waals surface area contributed by atoms with Gasteiger partial charge in [0.15, 0.2) is 0 Å². The molecule has 6 rings (SSSR count). The number of hydrogen-bond acceptors (Lipinski definition) is 6. The first kappa shape index (κ1) is 17.3. The number of hydrogen-bond donors (Lipinski definition) is 1. The summed E-state index contributed by atoms with van der Waals surface area (Å²) < 4.78 is 28.5. The van der Waals surface area contributed by atoms with Crippen molar-refractivity contribution >= 4 is 23.2 Å². The zero-order valence-corrected chi connectivity index (χ0v) is 16.1. The Morgan fingerprint density at radius 1 is 1.24 bits per heavy atom. The van der Waals surface area contributed by atoms with Crippen LogP contribution in [0.5, 0.6) is 0 Å². The number of nitrogens with zero attached hydrogens (tertiary/aromatic N) is 5. The number of rotatable bonds is 5. The molecular formula is C20H22F2N6O.